The maximum Gasteiger partial charge on any atom is 0.214 e. The molecule has 0 saturated heterocycles. The highest BCUT2D eigenvalue weighted by Crippen LogP contribution is 2.12. The highest BCUT2D eigenvalue weighted by atomic mass is 15.6. The molecule has 1 aromatic heterocycles. The molecule has 3 rings (SSSR count). The molecule has 2 heterocycles. The number of hydrazone groups is 1. The van der Waals surface area contributed by atoms with E-state index in [1.54, 1.807) is 9.81 Å². The maximum atomic E-state index is 5.85. The second-order valence-corrected chi connectivity index (χ2v) is 4.53. The minimum Gasteiger partial charge on any atom is -0.368 e. The highest BCUT2D eigenvalue weighted by Gasteiger charge is 2.22. The van der Waals surface area contributed by atoms with Crippen LogP contribution in [0.1, 0.15) is 11.4 Å². The fourth-order valence-corrected chi connectivity index (χ4v) is 1.97. The van der Waals surface area contributed by atoms with Gasteiger partial charge in [-0.3, -0.25) is 10.7 Å². The second-order valence-electron chi connectivity index (χ2n) is 4.53. The van der Waals surface area contributed by atoms with Crippen LogP contribution in [0.15, 0.2) is 35.4 Å². The second kappa shape index (κ2) is 4.82. The third kappa shape index (κ3) is 2.28. The van der Waals surface area contributed by atoms with Gasteiger partial charge in [-0.15, -0.1) is 5.10 Å². The lowest BCUT2D eigenvalue weighted by Gasteiger charge is -2.17. The molecule has 1 aliphatic rings. The lowest BCUT2D eigenvalue weighted by molar-refractivity contribution is 0.209. The van der Waals surface area contributed by atoms with Gasteiger partial charge in [0.2, 0.25) is 5.96 Å². The Labute approximate surface area is 116 Å². The summed E-state index contributed by atoms with van der Waals surface area (Å²) in [6.45, 7) is 2.36. The minimum absolute atomic E-state index is 0.311. The van der Waals surface area contributed by atoms with Crippen LogP contribution in [-0.4, -0.2) is 32.3 Å². The topological polar surface area (TPSA) is 110 Å². The summed E-state index contributed by atoms with van der Waals surface area (Å²) in [6.07, 6.45) is -0.434. The number of hydrogen-bond acceptors (Lipinski definition) is 7. The van der Waals surface area contributed by atoms with Gasteiger partial charge in [-0.05, 0) is 19.1 Å². The zero-order valence-electron chi connectivity index (χ0n) is 11.1. The van der Waals surface area contributed by atoms with Crippen molar-refractivity contribution in [3.63, 3.8) is 0 Å². The molecular weight excluding hydrogens is 256 g/mol. The predicted octanol–water partition coefficient (Wildman–Crippen LogP) is -0.547. The van der Waals surface area contributed by atoms with E-state index >= 15 is 0 Å². The molecule has 0 saturated carbocycles. The van der Waals surface area contributed by atoms with Crippen LogP contribution in [-0.2, 0) is 6.54 Å². The smallest absolute Gasteiger partial charge is 0.214 e. The number of para-hydroxylation sites is 1. The van der Waals surface area contributed by atoms with E-state index in [-0.39, 0.29) is 0 Å². The van der Waals surface area contributed by atoms with Gasteiger partial charge in [0.15, 0.2) is 6.29 Å². The fourth-order valence-electron chi connectivity index (χ4n) is 1.97. The summed E-state index contributed by atoms with van der Waals surface area (Å²) in [4.78, 5) is 1.60. The number of nitrogens with two attached hydrogens (primary N) is 2. The van der Waals surface area contributed by atoms with Crippen LogP contribution in [0.2, 0.25) is 0 Å². The quantitative estimate of drug-likeness (QED) is 0.691. The molecule has 2 aromatic rings. The first kappa shape index (κ1) is 12.4. The summed E-state index contributed by atoms with van der Waals surface area (Å²) in [5.41, 5.74) is 14.0. The highest BCUT2D eigenvalue weighted by molar-refractivity contribution is 5.79. The largest absolute Gasteiger partial charge is 0.368 e. The van der Waals surface area contributed by atoms with E-state index in [9.17, 15) is 0 Å². The van der Waals surface area contributed by atoms with Crippen molar-refractivity contribution in [1.29, 1.82) is 0 Å². The molecule has 8 nitrogen and oxygen atoms in total. The van der Waals surface area contributed by atoms with Crippen molar-refractivity contribution >= 4 is 5.96 Å². The molecule has 1 aliphatic heterocycles. The Morgan fingerprint density at radius 3 is 2.65 bits per heavy atom. The first-order chi connectivity index (χ1) is 9.63. The van der Waals surface area contributed by atoms with Crippen LogP contribution in [0.3, 0.4) is 0 Å². The Bertz CT molecular complexity index is 632. The molecule has 1 aromatic carbocycles. The van der Waals surface area contributed by atoms with E-state index in [1.807, 2.05) is 37.3 Å². The van der Waals surface area contributed by atoms with Crippen molar-refractivity contribution in [3.05, 3.63) is 41.7 Å². The van der Waals surface area contributed by atoms with Crippen LogP contribution in [0.25, 0.3) is 5.69 Å². The van der Waals surface area contributed by atoms with Crippen molar-refractivity contribution in [3.8, 4) is 5.69 Å². The van der Waals surface area contributed by atoms with Crippen molar-refractivity contribution < 1.29 is 0 Å². The van der Waals surface area contributed by atoms with Gasteiger partial charge in [0.25, 0.3) is 0 Å². The van der Waals surface area contributed by atoms with E-state index < -0.39 is 6.29 Å². The van der Waals surface area contributed by atoms with E-state index in [4.69, 9.17) is 11.5 Å². The van der Waals surface area contributed by atoms with Crippen molar-refractivity contribution in [2.45, 2.75) is 19.8 Å². The van der Waals surface area contributed by atoms with Gasteiger partial charge >= 0.3 is 0 Å². The van der Waals surface area contributed by atoms with Gasteiger partial charge in [-0.25, -0.2) is 0 Å². The maximum absolute atomic E-state index is 5.85. The van der Waals surface area contributed by atoms with E-state index in [0.29, 0.717) is 12.5 Å². The number of hydrogen-bond donors (Lipinski definition) is 3. The normalized spacial score (nSPS) is 18.0. The lowest BCUT2D eigenvalue weighted by Crippen LogP contribution is -2.46. The first-order valence-electron chi connectivity index (χ1n) is 6.24. The van der Waals surface area contributed by atoms with Gasteiger partial charge in [0.05, 0.1) is 17.9 Å². The molecule has 0 spiro atoms. The number of nitrogens with zero attached hydrogens (tertiary/aromatic N) is 5. The van der Waals surface area contributed by atoms with Crippen molar-refractivity contribution in [2.75, 3.05) is 0 Å². The summed E-state index contributed by atoms with van der Waals surface area (Å²) in [5, 5.41) is 17.4. The molecular formula is C12H16N8. The standard InChI is InChI=1S/C12H16N8/c1-8-10(7-19-12(14)15-11(13)18-19)17-20(16-8)9-5-3-2-4-6-9/h2-6,12H,7,14H2,1H3,(H3,13,15,18). The zero-order valence-corrected chi connectivity index (χ0v) is 11.1. The summed E-state index contributed by atoms with van der Waals surface area (Å²) >= 11 is 0. The Morgan fingerprint density at radius 1 is 1.25 bits per heavy atom. The molecule has 0 amide bonds. The Morgan fingerprint density at radius 2 is 2.00 bits per heavy atom. The third-order valence-electron chi connectivity index (χ3n) is 3.03. The summed E-state index contributed by atoms with van der Waals surface area (Å²) < 4.78 is 0. The van der Waals surface area contributed by atoms with Crippen LogP contribution in [0, 0.1) is 6.92 Å². The van der Waals surface area contributed by atoms with Crippen molar-refractivity contribution in [2.24, 2.45) is 16.6 Å². The van der Waals surface area contributed by atoms with Crippen LogP contribution >= 0.6 is 0 Å². The number of aromatic nitrogens is 3. The molecule has 0 aliphatic carbocycles. The Kier molecular flexibility index (Phi) is 2.99. The molecule has 0 radical (unpaired) electrons. The average molecular weight is 272 g/mol. The monoisotopic (exact) mass is 272 g/mol. The number of nitrogens with one attached hydrogen (secondary N) is 1. The molecule has 1 atom stereocenters. The number of aryl methyl sites for hydroxylation is 1. The van der Waals surface area contributed by atoms with Crippen molar-refractivity contribution in [1.82, 2.24) is 25.3 Å². The SMILES string of the molecule is Cc1nn(-c2ccccc2)nc1CN1N=C(N)NC1N. The lowest BCUT2D eigenvalue weighted by atomic mass is 10.3. The molecule has 8 heteroatoms. The summed E-state index contributed by atoms with van der Waals surface area (Å²) in [6, 6.07) is 9.73. The molecule has 5 N–H and O–H groups in total. The van der Waals surface area contributed by atoms with Gasteiger partial charge in [-0.2, -0.15) is 15.0 Å². The zero-order chi connectivity index (χ0) is 14.1. The summed E-state index contributed by atoms with van der Waals surface area (Å²) in [7, 11) is 0. The molecule has 0 bridgehead atoms. The number of guanidine groups is 1. The molecule has 20 heavy (non-hydrogen) atoms. The molecule has 0 fully saturated rings. The van der Waals surface area contributed by atoms with Gasteiger partial charge in [0.1, 0.15) is 5.69 Å². The van der Waals surface area contributed by atoms with Crippen LogP contribution in [0.4, 0.5) is 0 Å². The fraction of sp³-hybridized carbons (Fsp3) is 0.250. The third-order valence-corrected chi connectivity index (χ3v) is 3.03. The van der Waals surface area contributed by atoms with Crippen LogP contribution in [0.5, 0.6) is 0 Å². The van der Waals surface area contributed by atoms with Gasteiger partial charge in [0, 0.05) is 0 Å². The van der Waals surface area contributed by atoms with E-state index in [0.717, 1.165) is 17.1 Å². The number of rotatable bonds is 3. The Hall–Kier alpha value is -2.61. The van der Waals surface area contributed by atoms with Gasteiger partial charge in [-0.1, -0.05) is 18.2 Å². The predicted molar refractivity (Wildman–Crippen MR) is 74.4 cm³/mol. The molecule has 104 valence electrons. The van der Waals surface area contributed by atoms with E-state index in [2.05, 4.69) is 20.6 Å². The minimum atomic E-state index is -0.434. The van der Waals surface area contributed by atoms with Gasteiger partial charge < -0.3 is 11.1 Å². The average Bonchev–Trinajstić information content (AvgIpc) is 2.95. The van der Waals surface area contributed by atoms with Crippen LogP contribution < -0.4 is 16.8 Å². The Balaban J connectivity index is 1.83. The summed E-state index contributed by atoms with van der Waals surface area (Å²) in [5.74, 6) is 0.311. The molecule has 1 unspecified atom stereocenters. The van der Waals surface area contributed by atoms with E-state index in [1.165, 1.54) is 0 Å². The first-order valence-corrected chi connectivity index (χ1v) is 6.24. The number of benzene rings is 1.